The molecule has 2 aliphatic carbocycles. The van der Waals surface area contributed by atoms with Crippen LogP contribution in [0.25, 0.3) is 11.0 Å². The van der Waals surface area contributed by atoms with Crippen LogP contribution in [0.1, 0.15) is 118 Å². The van der Waals surface area contributed by atoms with Crippen LogP contribution in [0.4, 0.5) is 10.1 Å². The Morgan fingerprint density at radius 3 is 2.42 bits per heavy atom. The van der Waals surface area contributed by atoms with Crippen LogP contribution in [0.2, 0.25) is 10.0 Å². The number of nitrogens with one attached hydrogen (secondary N) is 4. The number of aliphatic carboxylic acids is 1. The molecule has 3 aromatic carbocycles. The lowest BCUT2D eigenvalue weighted by Crippen LogP contribution is -2.60. The molecule has 4 amide bonds. The minimum atomic E-state index is -1.32. The molecule has 6 aliphatic rings. The van der Waals surface area contributed by atoms with E-state index in [1.807, 2.05) is 24.3 Å². The highest BCUT2D eigenvalue weighted by Crippen LogP contribution is 2.63. The molecule has 66 heavy (non-hydrogen) atoms. The van der Waals surface area contributed by atoms with Crippen LogP contribution in [0.3, 0.4) is 0 Å². The van der Waals surface area contributed by atoms with Crippen molar-refractivity contribution in [3.63, 3.8) is 0 Å². The number of aromatic nitrogens is 2. The summed E-state index contributed by atoms with van der Waals surface area (Å²) in [6.45, 7) is 1.18. The van der Waals surface area contributed by atoms with E-state index >= 15 is 4.39 Å². The van der Waals surface area contributed by atoms with E-state index in [-0.39, 0.29) is 64.7 Å². The maximum atomic E-state index is 16.4. The second kappa shape index (κ2) is 17.2. The highest BCUT2D eigenvalue weighted by atomic mass is 35.5. The lowest BCUT2D eigenvalue weighted by molar-refractivity contribution is -0.145. The van der Waals surface area contributed by atoms with Gasteiger partial charge >= 0.3 is 11.7 Å². The Labute approximate surface area is 390 Å². The number of aryl methyl sites for hydroxylation is 1. The largest absolute Gasteiger partial charge is 0.480 e. The number of anilines is 1. The molecule has 6 atom stereocenters. The summed E-state index contributed by atoms with van der Waals surface area (Å²) in [7, 11) is 1.65. The average molecular weight is 943 g/mol. The molecule has 10 rings (SSSR count). The second-order valence-corrected chi connectivity index (χ2v) is 20.4. The predicted octanol–water partition coefficient (Wildman–Crippen LogP) is 6.42. The number of carboxylic acids is 1. The van der Waals surface area contributed by atoms with Gasteiger partial charge in [0.25, 0.3) is 0 Å². The number of hydrogen-bond acceptors (Lipinski definition) is 8. The molecular weight excluding hydrogens is 888 g/mol. The van der Waals surface area contributed by atoms with E-state index in [1.54, 1.807) is 31.3 Å². The van der Waals surface area contributed by atoms with Gasteiger partial charge in [-0.15, -0.1) is 0 Å². The smallest absolute Gasteiger partial charge is 0.329 e. The molecule has 2 spiro atoms. The van der Waals surface area contributed by atoms with Crippen LogP contribution < -0.4 is 27.0 Å². The number of piperidine rings is 2. The summed E-state index contributed by atoms with van der Waals surface area (Å²) in [5.41, 5.74) is 1.13. The molecular formula is C49H54Cl2FN7O7. The van der Waals surface area contributed by atoms with Gasteiger partial charge in [0.2, 0.25) is 23.6 Å². The maximum absolute atomic E-state index is 16.4. The fraction of sp³-hybridized carbons (Fsp3) is 0.510. The zero-order valence-corrected chi connectivity index (χ0v) is 38.2. The normalized spacial score (nSPS) is 29.8. The summed E-state index contributed by atoms with van der Waals surface area (Å²) in [6, 6.07) is 13.1. The van der Waals surface area contributed by atoms with Crippen molar-refractivity contribution in [1.29, 1.82) is 0 Å². The van der Waals surface area contributed by atoms with Crippen LogP contribution in [-0.2, 0) is 36.4 Å². The lowest BCUT2D eigenvalue weighted by Gasteiger charge is -2.47. The molecule has 2 saturated carbocycles. The van der Waals surface area contributed by atoms with Crippen LogP contribution >= 0.6 is 23.2 Å². The molecule has 348 valence electrons. The molecule has 0 bridgehead atoms. The first-order valence-corrected chi connectivity index (χ1v) is 24.1. The van der Waals surface area contributed by atoms with Crippen molar-refractivity contribution < 1.29 is 33.5 Å². The number of amides is 4. The summed E-state index contributed by atoms with van der Waals surface area (Å²) < 4.78 is 19.3. The number of carbonyl (C=O) groups is 5. The van der Waals surface area contributed by atoms with Crippen molar-refractivity contribution >= 4 is 69.5 Å². The number of rotatable bonds is 8. The summed E-state index contributed by atoms with van der Waals surface area (Å²) in [4.78, 5) is 82.3. The number of imide groups is 1. The first kappa shape index (κ1) is 44.7. The number of carboxylic acid groups (broad SMARTS) is 1. The molecule has 3 unspecified atom stereocenters. The van der Waals surface area contributed by atoms with Crippen molar-refractivity contribution in [2.45, 2.75) is 130 Å². The Balaban J connectivity index is 0.830. The fourth-order valence-electron chi connectivity index (χ4n) is 13.0. The Bertz CT molecular complexity index is 2730. The quantitative estimate of drug-likeness (QED) is 0.125. The molecule has 5 heterocycles. The SMILES string of the molecule is Cn1c(=O)n(C2CCC(=O)NC2=O)c2ccc(C3CCN(CC4CCC(NC(=O)[C@@H]5NC6(CCCCC6)[C@@]6(C(=O)Nc7cc(Cl)ccc76)[C@H]5c5cccc(Cl)c5F)CC4)C(C(=O)O)C3)cc21. The number of hydrogen-bond donors (Lipinski definition) is 5. The van der Waals surface area contributed by atoms with E-state index in [9.17, 15) is 33.9 Å². The third-order valence-corrected chi connectivity index (χ3v) is 16.6. The Morgan fingerprint density at radius 2 is 1.68 bits per heavy atom. The summed E-state index contributed by atoms with van der Waals surface area (Å²) >= 11 is 12.9. The zero-order chi connectivity index (χ0) is 46.2. The first-order valence-electron chi connectivity index (χ1n) is 23.4. The molecule has 5 N–H and O–H groups in total. The molecule has 14 nitrogen and oxygen atoms in total. The minimum Gasteiger partial charge on any atom is -0.480 e. The summed E-state index contributed by atoms with van der Waals surface area (Å²) in [6.07, 6.45) is 8.36. The van der Waals surface area contributed by atoms with Crippen LogP contribution in [0, 0.1) is 11.7 Å². The molecule has 5 fully saturated rings. The van der Waals surface area contributed by atoms with Crippen LogP contribution in [0.5, 0.6) is 0 Å². The van der Waals surface area contributed by atoms with Crippen molar-refractivity contribution in [3.8, 4) is 0 Å². The van der Waals surface area contributed by atoms with Gasteiger partial charge in [-0.3, -0.25) is 48.6 Å². The van der Waals surface area contributed by atoms with E-state index in [2.05, 4.69) is 26.2 Å². The van der Waals surface area contributed by atoms with Gasteiger partial charge in [0.15, 0.2) is 0 Å². The van der Waals surface area contributed by atoms with Gasteiger partial charge in [-0.05, 0) is 123 Å². The zero-order valence-electron chi connectivity index (χ0n) is 36.7. The second-order valence-electron chi connectivity index (χ2n) is 19.6. The number of likely N-dealkylation sites (tertiary alicyclic amines) is 1. The molecule has 1 aromatic heterocycles. The Hall–Kier alpha value is -5.09. The minimum absolute atomic E-state index is 0.0614. The van der Waals surface area contributed by atoms with E-state index in [4.69, 9.17) is 23.2 Å². The highest BCUT2D eigenvalue weighted by molar-refractivity contribution is 6.31. The standard InChI is InChI=1S/C49H54Cl2FN7O7/c1-57-37-22-27(10-15-35(37)59(47(57)66)36-16-17-39(60)55-43(36)61)28-18-21-58(38(23-28)45(63)64)25-26-8-12-30(13-9-26)53-44(62)42-40(31-6-5-7-33(51)41(31)52)49(48(56-42)19-3-2-4-20-48)32-14-11-29(50)24-34(32)54-46(49)65/h5-7,10-11,14-15,22,24,26,28,30,36,38,40,42,56H,2-4,8-9,12-13,16-21,23,25H2,1H3,(H,53,62)(H,54,65)(H,63,64)(H,55,60,61)/t26?,28?,30?,36?,38?,40-,42+,49+/m0/s1. The van der Waals surface area contributed by atoms with Crippen molar-refractivity contribution in [2.75, 3.05) is 18.4 Å². The Kier molecular flexibility index (Phi) is 11.7. The van der Waals surface area contributed by atoms with Gasteiger partial charge in [-0.25, -0.2) is 9.18 Å². The average Bonchev–Trinajstić information content (AvgIpc) is 3.85. The lowest BCUT2D eigenvalue weighted by atomic mass is 9.55. The van der Waals surface area contributed by atoms with E-state index in [1.165, 1.54) is 15.2 Å². The number of carbonyl (C=O) groups excluding carboxylic acids is 4. The predicted molar refractivity (Wildman–Crippen MR) is 246 cm³/mol. The van der Waals surface area contributed by atoms with Crippen molar-refractivity contribution in [1.82, 2.24) is 30.0 Å². The maximum Gasteiger partial charge on any atom is 0.329 e. The van der Waals surface area contributed by atoms with Gasteiger partial charge in [0.05, 0.1) is 22.1 Å². The molecule has 3 saturated heterocycles. The monoisotopic (exact) mass is 941 g/mol. The third kappa shape index (κ3) is 7.26. The number of halogens is 3. The van der Waals surface area contributed by atoms with Gasteiger partial charge < -0.3 is 15.7 Å². The molecule has 0 radical (unpaired) electrons. The van der Waals surface area contributed by atoms with Gasteiger partial charge in [0.1, 0.15) is 23.3 Å². The number of nitrogens with zero attached hydrogens (tertiary/aromatic N) is 3. The van der Waals surface area contributed by atoms with Gasteiger partial charge in [-0.1, -0.05) is 66.7 Å². The highest BCUT2D eigenvalue weighted by Gasteiger charge is 2.72. The fourth-order valence-corrected chi connectivity index (χ4v) is 13.3. The molecule has 4 aromatic rings. The molecule has 17 heteroatoms. The van der Waals surface area contributed by atoms with Crippen molar-refractivity contribution in [3.05, 3.63) is 97.6 Å². The van der Waals surface area contributed by atoms with Gasteiger partial charge in [-0.2, -0.15) is 0 Å². The molecule has 4 aliphatic heterocycles. The Morgan fingerprint density at radius 1 is 0.909 bits per heavy atom. The van der Waals surface area contributed by atoms with Gasteiger partial charge in [0, 0.05) is 48.2 Å². The van der Waals surface area contributed by atoms with Crippen LogP contribution in [-0.4, -0.2) is 85.5 Å². The number of imidazole rings is 1. The number of fused-ring (bicyclic) bond motifs is 4. The van der Waals surface area contributed by atoms with E-state index < -0.39 is 52.7 Å². The van der Waals surface area contributed by atoms with Crippen molar-refractivity contribution in [2.24, 2.45) is 13.0 Å². The van der Waals surface area contributed by atoms with E-state index in [0.717, 1.165) is 44.1 Å². The van der Waals surface area contributed by atoms with E-state index in [0.29, 0.717) is 72.5 Å². The van der Waals surface area contributed by atoms with Crippen LogP contribution in [0.15, 0.2) is 59.4 Å². The number of benzene rings is 3. The first-order chi connectivity index (χ1) is 31.7. The summed E-state index contributed by atoms with van der Waals surface area (Å²) in [5.74, 6) is -3.73. The topological polar surface area (TPSA) is 184 Å². The summed E-state index contributed by atoms with van der Waals surface area (Å²) in [5, 5.41) is 23.3. The third-order valence-electron chi connectivity index (χ3n) is 16.1.